The van der Waals surface area contributed by atoms with Crippen LogP contribution in [0.2, 0.25) is 5.15 Å². The molecule has 1 aliphatic rings. The molecule has 0 spiro atoms. The van der Waals surface area contributed by atoms with Crippen molar-refractivity contribution < 1.29 is 4.79 Å². The molecule has 1 amide bonds. The number of carbonyl (C=O) groups excluding carboxylic acids is 1. The SMILES string of the molecule is Cc1ccc(C2(CNC(=O)c3cn(-c4ncccn4)nc3Cl)CCCCC2)cn1. The van der Waals surface area contributed by atoms with E-state index in [4.69, 9.17) is 11.6 Å². The predicted octanol–water partition coefficient (Wildman–Crippen LogP) is 3.65. The number of hydrogen-bond donors (Lipinski definition) is 1. The number of hydrogen-bond acceptors (Lipinski definition) is 5. The summed E-state index contributed by atoms with van der Waals surface area (Å²) < 4.78 is 1.41. The number of amides is 1. The molecule has 150 valence electrons. The summed E-state index contributed by atoms with van der Waals surface area (Å²) in [7, 11) is 0. The zero-order valence-electron chi connectivity index (χ0n) is 16.3. The Kier molecular flexibility index (Phi) is 5.58. The first-order chi connectivity index (χ1) is 14.1. The Balaban J connectivity index is 1.53. The van der Waals surface area contributed by atoms with Crippen molar-refractivity contribution >= 4 is 17.5 Å². The smallest absolute Gasteiger partial charge is 0.256 e. The topological polar surface area (TPSA) is 85.6 Å². The highest BCUT2D eigenvalue weighted by molar-refractivity contribution is 6.32. The van der Waals surface area contributed by atoms with Crippen LogP contribution >= 0.6 is 11.6 Å². The molecule has 1 aliphatic carbocycles. The molecule has 0 bridgehead atoms. The molecular weight excluding hydrogens is 388 g/mol. The molecule has 0 saturated heterocycles. The highest BCUT2D eigenvalue weighted by atomic mass is 35.5. The van der Waals surface area contributed by atoms with Crippen LogP contribution in [0.3, 0.4) is 0 Å². The summed E-state index contributed by atoms with van der Waals surface area (Å²) in [6.45, 7) is 2.52. The second-order valence-corrected chi connectivity index (χ2v) is 7.90. The lowest BCUT2D eigenvalue weighted by Gasteiger charge is -2.37. The molecule has 0 unspecified atom stereocenters. The average Bonchev–Trinajstić information content (AvgIpc) is 3.15. The molecular formula is C21H23ClN6O. The van der Waals surface area contributed by atoms with E-state index in [-0.39, 0.29) is 16.5 Å². The fourth-order valence-electron chi connectivity index (χ4n) is 3.94. The van der Waals surface area contributed by atoms with Crippen LogP contribution in [0.25, 0.3) is 5.95 Å². The molecule has 0 aromatic carbocycles. The lowest BCUT2D eigenvalue weighted by Crippen LogP contribution is -2.42. The van der Waals surface area contributed by atoms with Gasteiger partial charge in [0, 0.05) is 42.4 Å². The molecule has 1 N–H and O–H groups in total. The minimum Gasteiger partial charge on any atom is -0.351 e. The molecule has 0 radical (unpaired) electrons. The van der Waals surface area contributed by atoms with Gasteiger partial charge >= 0.3 is 0 Å². The first kappa shape index (κ1) is 19.5. The van der Waals surface area contributed by atoms with E-state index in [2.05, 4.69) is 31.4 Å². The van der Waals surface area contributed by atoms with Crippen LogP contribution in [0.15, 0.2) is 43.0 Å². The van der Waals surface area contributed by atoms with Crippen LogP contribution in [0.4, 0.5) is 0 Å². The number of aryl methyl sites for hydroxylation is 1. The van der Waals surface area contributed by atoms with Gasteiger partial charge in [0.25, 0.3) is 5.91 Å². The highest BCUT2D eigenvalue weighted by Gasteiger charge is 2.35. The van der Waals surface area contributed by atoms with E-state index in [0.29, 0.717) is 18.1 Å². The molecule has 3 aromatic heterocycles. The Morgan fingerprint density at radius 2 is 1.93 bits per heavy atom. The predicted molar refractivity (Wildman–Crippen MR) is 110 cm³/mol. The Labute approximate surface area is 174 Å². The maximum Gasteiger partial charge on any atom is 0.256 e. The van der Waals surface area contributed by atoms with Crippen LogP contribution in [-0.4, -0.2) is 37.2 Å². The lowest BCUT2D eigenvalue weighted by molar-refractivity contribution is 0.0936. The fraction of sp³-hybridized carbons (Fsp3) is 0.381. The Morgan fingerprint density at radius 1 is 1.17 bits per heavy atom. The summed E-state index contributed by atoms with van der Waals surface area (Å²) in [5.74, 6) is 0.116. The van der Waals surface area contributed by atoms with E-state index in [1.54, 1.807) is 24.7 Å². The van der Waals surface area contributed by atoms with Gasteiger partial charge in [-0.15, -0.1) is 0 Å². The maximum absolute atomic E-state index is 12.9. The molecule has 1 fully saturated rings. The van der Waals surface area contributed by atoms with Gasteiger partial charge in [-0.05, 0) is 37.5 Å². The van der Waals surface area contributed by atoms with E-state index >= 15 is 0 Å². The molecule has 4 rings (SSSR count). The third-order valence-electron chi connectivity index (χ3n) is 5.59. The van der Waals surface area contributed by atoms with Crippen LogP contribution in [0.5, 0.6) is 0 Å². The van der Waals surface area contributed by atoms with Crippen molar-refractivity contribution in [2.45, 2.75) is 44.4 Å². The van der Waals surface area contributed by atoms with E-state index in [1.807, 2.05) is 19.2 Å². The van der Waals surface area contributed by atoms with Crippen molar-refractivity contribution in [2.75, 3.05) is 6.54 Å². The van der Waals surface area contributed by atoms with Gasteiger partial charge in [-0.2, -0.15) is 5.10 Å². The Bertz CT molecular complexity index is 980. The molecule has 8 heteroatoms. The van der Waals surface area contributed by atoms with Crippen molar-refractivity contribution in [3.05, 3.63) is 65.0 Å². The van der Waals surface area contributed by atoms with E-state index in [0.717, 1.165) is 31.4 Å². The number of rotatable bonds is 5. The standard InChI is InChI=1S/C21H23ClN6O/c1-15-6-7-16(12-25-15)21(8-3-2-4-9-21)14-26-19(29)17-13-28(27-18(17)22)20-23-10-5-11-24-20/h5-7,10-13H,2-4,8-9,14H2,1H3,(H,26,29). The Morgan fingerprint density at radius 3 is 2.62 bits per heavy atom. The van der Waals surface area contributed by atoms with Gasteiger partial charge in [0.05, 0.1) is 5.56 Å². The van der Waals surface area contributed by atoms with Crippen LogP contribution in [0, 0.1) is 6.92 Å². The first-order valence-electron chi connectivity index (χ1n) is 9.81. The zero-order valence-corrected chi connectivity index (χ0v) is 17.1. The highest BCUT2D eigenvalue weighted by Crippen LogP contribution is 2.38. The number of nitrogens with one attached hydrogen (secondary N) is 1. The van der Waals surface area contributed by atoms with Gasteiger partial charge in [-0.3, -0.25) is 9.78 Å². The van der Waals surface area contributed by atoms with Crippen LogP contribution in [-0.2, 0) is 5.41 Å². The van der Waals surface area contributed by atoms with E-state index in [9.17, 15) is 4.79 Å². The summed E-state index contributed by atoms with van der Waals surface area (Å²) in [6, 6.07) is 5.89. The first-order valence-corrected chi connectivity index (χ1v) is 10.2. The van der Waals surface area contributed by atoms with Crippen molar-refractivity contribution in [3.63, 3.8) is 0 Å². The average molecular weight is 411 g/mol. The van der Waals surface area contributed by atoms with Gasteiger partial charge in [0.1, 0.15) is 0 Å². The van der Waals surface area contributed by atoms with E-state index < -0.39 is 0 Å². The third-order valence-corrected chi connectivity index (χ3v) is 5.87. The molecule has 7 nitrogen and oxygen atoms in total. The minimum atomic E-state index is -0.248. The number of carbonyl (C=O) groups is 1. The summed E-state index contributed by atoms with van der Waals surface area (Å²) in [4.78, 5) is 25.6. The quantitative estimate of drug-likeness (QED) is 0.693. The fourth-order valence-corrected chi connectivity index (χ4v) is 4.16. The van der Waals surface area contributed by atoms with Gasteiger partial charge in [0.2, 0.25) is 5.95 Å². The number of pyridine rings is 1. The summed E-state index contributed by atoms with van der Waals surface area (Å²) in [5, 5.41) is 7.38. The minimum absolute atomic E-state index is 0.0976. The largest absolute Gasteiger partial charge is 0.351 e. The van der Waals surface area contributed by atoms with Crippen LogP contribution in [0.1, 0.15) is 53.7 Å². The lowest BCUT2D eigenvalue weighted by atomic mass is 9.69. The normalized spacial score (nSPS) is 15.8. The second kappa shape index (κ2) is 8.29. The Hall–Kier alpha value is -2.80. The molecule has 1 saturated carbocycles. The van der Waals surface area contributed by atoms with Crippen molar-refractivity contribution in [2.24, 2.45) is 0 Å². The third kappa shape index (κ3) is 4.15. The number of halogens is 1. The summed E-state index contributed by atoms with van der Waals surface area (Å²) >= 11 is 6.22. The van der Waals surface area contributed by atoms with Crippen LogP contribution < -0.4 is 5.32 Å². The van der Waals surface area contributed by atoms with Gasteiger partial charge in [0.15, 0.2) is 5.15 Å². The zero-order chi connectivity index (χ0) is 20.3. The van der Waals surface area contributed by atoms with Crippen molar-refractivity contribution in [1.82, 2.24) is 30.0 Å². The monoisotopic (exact) mass is 410 g/mol. The van der Waals surface area contributed by atoms with Crippen molar-refractivity contribution in [1.29, 1.82) is 0 Å². The molecule has 0 atom stereocenters. The maximum atomic E-state index is 12.9. The van der Waals surface area contributed by atoms with Gasteiger partial charge in [-0.1, -0.05) is 36.9 Å². The molecule has 3 heterocycles. The van der Waals surface area contributed by atoms with Gasteiger partial charge < -0.3 is 5.32 Å². The number of nitrogens with zero attached hydrogens (tertiary/aromatic N) is 5. The second-order valence-electron chi connectivity index (χ2n) is 7.54. The van der Waals surface area contributed by atoms with E-state index in [1.165, 1.54) is 16.7 Å². The number of aromatic nitrogens is 5. The summed E-state index contributed by atoms with van der Waals surface area (Å²) in [5.41, 5.74) is 2.39. The summed E-state index contributed by atoms with van der Waals surface area (Å²) in [6.07, 6.45) is 12.3. The molecule has 29 heavy (non-hydrogen) atoms. The molecule has 0 aliphatic heterocycles. The van der Waals surface area contributed by atoms with Gasteiger partial charge in [-0.25, -0.2) is 14.6 Å². The molecule has 3 aromatic rings. The van der Waals surface area contributed by atoms with Crippen molar-refractivity contribution in [3.8, 4) is 5.95 Å².